The highest BCUT2D eigenvalue weighted by Gasteiger charge is 2.56. The highest BCUT2D eigenvalue weighted by molar-refractivity contribution is 6.13. The van der Waals surface area contributed by atoms with Crippen molar-refractivity contribution in [3.63, 3.8) is 0 Å². The summed E-state index contributed by atoms with van der Waals surface area (Å²) >= 11 is 0. The van der Waals surface area contributed by atoms with Crippen LogP contribution in [0.3, 0.4) is 0 Å². The van der Waals surface area contributed by atoms with Crippen molar-refractivity contribution in [2.45, 2.75) is 25.7 Å². The number of halogens is 1. The number of pyridine rings is 1. The fourth-order valence-electron chi connectivity index (χ4n) is 4.66. The van der Waals surface area contributed by atoms with Gasteiger partial charge in [-0.1, -0.05) is 0 Å². The Labute approximate surface area is 223 Å². The third-order valence-electron chi connectivity index (χ3n) is 6.99. The van der Waals surface area contributed by atoms with Crippen molar-refractivity contribution >= 4 is 28.4 Å². The van der Waals surface area contributed by atoms with Crippen LogP contribution >= 0.6 is 0 Å². The first-order valence-corrected chi connectivity index (χ1v) is 12.7. The first kappa shape index (κ1) is 24.7. The molecule has 0 spiro atoms. The number of nitrogens with zero attached hydrogens (tertiary/aromatic N) is 1. The minimum Gasteiger partial charge on any atom is -0.493 e. The smallest absolute Gasteiger partial charge is 0.240 e. The van der Waals surface area contributed by atoms with E-state index in [2.05, 4.69) is 15.6 Å². The lowest BCUT2D eigenvalue weighted by atomic mass is 10.0. The summed E-state index contributed by atoms with van der Waals surface area (Å²) in [5, 5.41) is 6.29. The van der Waals surface area contributed by atoms with Gasteiger partial charge in [0.05, 0.1) is 18.0 Å². The molecule has 2 aliphatic carbocycles. The number of ether oxygens (including phenoxy) is 4. The highest BCUT2D eigenvalue weighted by atomic mass is 19.1. The van der Waals surface area contributed by atoms with Crippen molar-refractivity contribution in [2.24, 2.45) is 5.41 Å². The number of fused-ring (bicyclic) bond motifs is 3. The van der Waals surface area contributed by atoms with Crippen molar-refractivity contribution in [1.29, 1.82) is 0 Å². The topological polar surface area (TPSA) is 108 Å². The van der Waals surface area contributed by atoms with E-state index in [-0.39, 0.29) is 24.1 Å². The van der Waals surface area contributed by atoms with Crippen LogP contribution in [0.15, 0.2) is 66.3 Å². The van der Waals surface area contributed by atoms with Crippen molar-refractivity contribution in [1.82, 2.24) is 10.3 Å². The molecule has 2 amide bonds. The number of rotatable bonds is 7. The van der Waals surface area contributed by atoms with Crippen LogP contribution in [0.4, 0.5) is 10.1 Å². The van der Waals surface area contributed by atoms with Crippen LogP contribution in [0, 0.1) is 5.41 Å². The number of benzene rings is 2. The minimum absolute atomic E-state index is 0.224. The number of methoxy groups -OCH3 is 1. The number of nitrogens with one attached hydrogen (secondary N) is 2. The summed E-state index contributed by atoms with van der Waals surface area (Å²) in [5.74, 6) is 1.66. The Bertz CT molecular complexity index is 1530. The fraction of sp³-hybridized carbons (Fsp3) is 0.276. The molecule has 1 aromatic heterocycles. The first-order chi connectivity index (χ1) is 19.0. The van der Waals surface area contributed by atoms with Crippen molar-refractivity contribution < 1.29 is 32.9 Å². The minimum atomic E-state index is -1.12. The monoisotopic (exact) mass is 531 g/mol. The molecule has 39 heavy (non-hydrogen) atoms. The van der Waals surface area contributed by atoms with Crippen molar-refractivity contribution in [3.8, 4) is 28.7 Å². The van der Waals surface area contributed by atoms with E-state index >= 15 is 0 Å². The Morgan fingerprint density at radius 3 is 2.38 bits per heavy atom. The number of anilines is 1. The van der Waals surface area contributed by atoms with E-state index < -0.39 is 5.41 Å². The molecular weight excluding hydrogens is 505 g/mol. The highest BCUT2D eigenvalue weighted by Crippen LogP contribution is 2.49. The van der Waals surface area contributed by atoms with E-state index in [1.807, 2.05) is 0 Å². The van der Waals surface area contributed by atoms with Gasteiger partial charge in [-0.3, -0.25) is 14.6 Å². The molecule has 0 bridgehead atoms. The summed E-state index contributed by atoms with van der Waals surface area (Å²) in [6.45, 7) is 0.807. The summed E-state index contributed by atoms with van der Waals surface area (Å²) in [7, 11) is 1.56. The lowest BCUT2D eigenvalue weighted by molar-refractivity contribution is -0.133. The maximum atomic E-state index is 13.2. The van der Waals surface area contributed by atoms with Crippen LogP contribution in [0.5, 0.6) is 28.7 Å². The fourth-order valence-corrected chi connectivity index (χ4v) is 4.66. The maximum absolute atomic E-state index is 13.2. The van der Waals surface area contributed by atoms with E-state index in [1.54, 1.807) is 55.8 Å². The van der Waals surface area contributed by atoms with Crippen LogP contribution in [-0.4, -0.2) is 37.1 Å². The van der Waals surface area contributed by atoms with Gasteiger partial charge in [0.2, 0.25) is 17.6 Å². The molecule has 3 aliphatic rings. The molecular formula is C29H26FN3O6. The molecule has 10 heteroatoms. The van der Waals surface area contributed by atoms with Crippen LogP contribution in [0.1, 0.15) is 25.7 Å². The summed E-state index contributed by atoms with van der Waals surface area (Å²) in [6.07, 6.45) is 6.07. The molecule has 0 saturated heterocycles. The van der Waals surface area contributed by atoms with Gasteiger partial charge in [0.1, 0.15) is 36.0 Å². The number of hydrogen-bond donors (Lipinski definition) is 2. The Balaban J connectivity index is 1.16. The van der Waals surface area contributed by atoms with E-state index in [1.165, 1.54) is 6.08 Å². The molecule has 1 saturated carbocycles. The quantitative estimate of drug-likeness (QED) is 0.405. The Morgan fingerprint density at radius 2 is 1.69 bits per heavy atom. The summed E-state index contributed by atoms with van der Waals surface area (Å²) in [6, 6.07) is 10.4. The van der Waals surface area contributed by atoms with E-state index in [4.69, 9.17) is 18.9 Å². The van der Waals surface area contributed by atoms with Crippen molar-refractivity contribution in [2.75, 3.05) is 25.6 Å². The molecule has 2 aromatic carbocycles. The van der Waals surface area contributed by atoms with Gasteiger partial charge in [-0.25, -0.2) is 4.39 Å². The van der Waals surface area contributed by atoms with Crippen LogP contribution in [0.25, 0.3) is 10.9 Å². The van der Waals surface area contributed by atoms with Gasteiger partial charge >= 0.3 is 0 Å². The number of allylic oxidation sites excluding steroid dienone is 4. The molecule has 0 atom stereocenters. The lowest BCUT2D eigenvalue weighted by Gasteiger charge is -2.23. The SMILES string of the molecule is COc1cc2nccc(Oc3ccc(NC(=O)C4(C(=O)NC5=CC=C(F)CC5)CC4)cc3)c2c2c1OCCO2. The Hall–Kier alpha value is -4.60. The predicted molar refractivity (Wildman–Crippen MR) is 141 cm³/mol. The van der Waals surface area contributed by atoms with E-state index in [9.17, 15) is 14.0 Å². The van der Waals surface area contributed by atoms with Gasteiger partial charge in [0.15, 0.2) is 11.5 Å². The number of hydrogen-bond acceptors (Lipinski definition) is 7. The summed E-state index contributed by atoms with van der Waals surface area (Å²) < 4.78 is 36.5. The van der Waals surface area contributed by atoms with E-state index in [0.29, 0.717) is 83.5 Å². The van der Waals surface area contributed by atoms with Gasteiger partial charge in [-0.15, -0.1) is 0 Å². The molecule has 2 N–H and O–H groups in total. The predicted octanol–water partition coefficient (Wildman–Crippen LogP) is 5.17. The number of amides is 2. The zero-order valence-electron chi connectivity index (χ0n) is 21.2. The molecule has 0 radical (unpaired) electrons. The standard InChI is InChI=1S/C29H26FN3O6/c1-36-23-16-21-24(26-25(23)37-14-15-38-26)22(10-13-31-21)39-20-8-6-19(7-9-20)33-28(35)29(11-12-29)27(34)32-18-4-2-17(30)3-5-18/h2,4,6-10,13,16H,3,5,11-12,14-15H2,1H3,(H,32,34)(H,33,35). The van der Waals surface area contributed by atoms with Gasteiger partial charge in [0, 0.05) is 30.1 Å². The Kier molecular flexibility index (Phi) is 6.30. The zero-order chi connectivity index (χ0) is 27.0. The third-order valence-corrected chi connectivity index (χ3v) is 6.99. The second-order valence-corrected chi connectivity index (χ2v) is 9.56. The third kappa shape index (κ3) is 4.73. The summed E-state index contributed by atoms with van der Waals surface area (Å²) in [5.41, 5.74) is 0.665. The van der Waals surface area contributed by atoms with Gasteiger partial charge in [0.25, 0.3) is 0 Å². The molecule has 6 rings (SSSR count). The molecule has 0 unspecified atom stereocenters. The Morgan fingerprint density at radius 1 is 0.949 bits per heavy atom. The average Bonchev–Trinajstić information content (AvgIpc) is 3.77. The van der Waals surface area contributed by atoms with Crippen LogP contribution in [0.2, 0.25) is 0 Å². The lowest BCUT2D eigenvalue weighted by Crippen LogP contribution is -2.39. The second-order valence-electron chi connectivity index (χ2n) is 9.56. The number of carbonyl (C=O) groups is 2. The average molecular weight is 532 g/mol. The molecule has 1 fully saturated rings. The number of aromatic nitrogens is 1. The molecule has 1 aliphatic heterocycles. The van der Waals surface area contributed by atoms with E-state index in [0.717, 1.165) is 0 Å². The van der Waals surface area contributed by atoms with Gasteiger partial charge in [-0.05, 0) is 61.7 Å². The largest absolute Gasteiger partial charge is 0.493 e. The van der Waals surface area contributed by atoms with Crippen molar-refractivity contribution in [3.05, 3.63) is 66.3 Å². The molecule has 9 nitrogen and oxygen atoms in total. The number of carbonyl (C=O) groups excluding carboxylic acids is 2. The first-order valence-electron chi connectivity index (χ1n) is 12.7. The molecule has 2 heterocycles. The zero-order valence-corrected chi connectivity index (χ0v) is 21.2. The van der Waals surface area contributed by atoms with Crippen LogP contribution < -0.4 is 29.6 Å². The normalized spacial score (nSPS) is 17.0. The maximum Gasteiger partial charge on any atom is 0.240 e. The van der Waals surface area contributed by atoms with Crippen LogP contribution in [-0.2, 0) is 9.59 Å². The van der Waals surface area contributed by atoms with Gasteiger partial charge in [-0.2, -0.15) is 0 Å². The van der Waals surface area contributed by atoms with Gasteiger partial charge < -0.3 is 29.6 Å². The summed E-state index contributed by atoms with van der Waals surface area (Å²) in [4.78, 5) is 30.3. The second kappa shape index (κ2) is 9.94. The molecule has 200 valence electrons. The molecule has 3 aromatic rings.